The lowest BCUT2D eigenvalue weighted by molar-refractivity contribution is 1.49. The first-order valence-electron chi connectivity index (χ1n) is 10.2. The number of fused-ring (bicyclic) bond motifs is 2. The van der Waals surface area contributed by atoms with Crippen LogP contribution in [-0.4, -0.2) is 0 Å². The van der Waals surface area contributed by atoms with E-state index >= 15 is 0 Å². The third-order valence-electron chi connectivity index (χ3n) is 5.45. The highest BCUT2D eigenvalue weighted by Crippen LogP contribution is 2.34. The van der Waals surface area contributed by atoms with Gasteiger partial charge in [0.15, 0.2) is 0 Å². The number of hydrogen-bond donors (Lipinski definition) is 2. The molecule has 0 spiro atoms. The summed E-state index contributed by atoms with van der Waals surface area (Å²) in [7, 11) is 0. The van der Waals surface area contributed by atoms with E-state index in [1.54, 1.807) is 6.07 Å². The third kappa shape index (κ3) is 4.23. The van der Waals surface area contributed by atoms with Gasteiger partial charge in [0.2, 0.25) is 0 Å². The zero-order chi connectivity index (χ0) is 23.4. The fourth-order valence-corrected chi connectivity index (χ4v) is 4.37. The van der Waals surface area contributed by atoms with Crippen LogP contribution in [0.15, 0.2) is 95.5 Å². The molecule has 5 aromatic rings. The second-order valence-electron chi connectivity index (χ2n) is 7.39. The molecule has 0 aromatic heterocycles. The highest BCUT2D eigenvalue weighted by atomic mass is 79.9. The molecule has 0 radical (unpaired) electrons. The Kier molecular flexibility index (Phi) is 6.26. The standard InChI is InChI=1S/C17H12N2.C11H7BrN2/c18-11-13-10-16(12-6-2-1-3-7-12)14-8-4-5-9-15(14)17(13)19;12-10-5-7(6-13)11(14)9-4-2-1-3-8(9)10/h1-10H,19H2;1-5H,14H2. The van der Waals surface area contributed by atoms with Gasteiger partial charge in [-0.15, -0.1) is 0 Å². The number of nitrogens with two attached hydrogens (primary N) is 2. The van der Waals surface area contributed by atoms with Gasteiger partial charge in [0.05, 0.1) is 22.5 Å². The maximum atomic E-state index is 9.22. The number of halogens is 1. The molecular formula is C28H19BrN4. The summed E-state index contributed by atoms with van der Waals surface area (Å²) in [6.45, 7) is 0. The second-order valence-corrected chi connectivity index (χ2v) is 8.24. The fourth-order valence-electron chi connectivity index (χ4n) is 3.79. The highest BCUT2D eigenvalue weighted by Gasteiger charge is 2.10. The average molecular weight is 491 g/mol. The Morgan fingerprint density at radius 3 is 1.61 bits per heavy atom. The molecule has 4 N–H and O–H groups in total. The van der Waals surface area contributed by atoms with Crippen molar-refractivity contribution >= 4 is 48.8 Å². The van der Waals surface area contributed by atoms with Gasteiger partial charge >= 0.3 is 0 Å². The van der Waals surface area contributed by atoms with Crippen LogP contribution in [0.4, 0.5) is 11.4 Å². The molecule has 0 unspecified atom stereocenters. The Morgan fingerprint density at radius 1 is 0.576 bits per heavy atom. The molecule has 0 aliphatic rings. The van der Waals surface area contributed by atoms with Crippen LogP contribution in [0.5, 0.6) is 0 Å². The summed E-state index contributed by atoms with van der Waals surface area (Å²) in [6.07, 6.45) is 0. The van der Waals surface area contributed by atoms with Crippen LogP contribution < -0.4 is 11.5 Å². The van der Waals surface area contributed by atoms with Crippen LogP contribution in [-0.2, 0) is 0 Å². The Bertz CT molecular complexity index is 1560. The van der Waals surface area contributed by atoms with E-state index < -0.39 is 0 Å². The summed E-state index contributed by atoms with van der Waals surface area (Å²) in [4.78, 5) is 0. The van der Waals surface area contributed by atoms with Gasteiger partial charge < -0.3 is 11.5 Å². The van der Waals surface area contributed by atoms with Crippen LogP contribution in [0.2, 0.25) is 0 Å². The molecule has 0 bridgehead atoms. The van der Waals surface area contributed by atoms with Gasteiger partial charge in [-0.25, -0.2) is 0 Å². The number of benzene rings is 5. The van der Waals surface area contributed by atoms with E-state index in [2.05, 4.69) is 28.1 Å². The molecule has 5 rings (SSSR count). The van der Waals surface area contributed by atoms with Crippen LogP contribution in [0.3, 0.4) is 0 Å². The summed E-state index contributed by atoms with van der Waals surface area (Å²) in [5, 5.41) is 22.0. The normalized spacial score (nSPS) is 10.2. The first-order chi connectivity index (χ1) is 16.0. The molecule has 0 saturated carbocycles. The predicted molar refractivity (Wildman–Crippen MR) is 139 cm³/mol. The Balaban J connectivity index is 0.000000165. The molecule has 0 heterocycles. The molecule has 0 saturated heterocycles. The van der Waals surface area contributed by atoms with Gasteiger partial charge in [-0.2, -0.15) is 10.5 Å². The molecule has 158 valence electrons. The van der Waals surface area contributed by atoms with Gasteiger partial charge in [-0.1, -0.05) is 94.8 Å². The first kappa shape index (κ1) is 21.9. The minimum atomic E-state index is 0.510. The Morgan fingerprint density at radius 2 is 1.03 bits per heavy atom. The molecule has 0 aliphatic heterocycles. The number of anilines is 2. The van der Waals surface area contributed by atoms with Crippen molar-refractivity contribution in [3.63, 3.8) is 0 Å². The van der Waals surface area contributed by atoms with E-state index in [1.165, 1.54) is 0 Å². The quantitative estimate of drug-likeness (QED) is 0.246. The second kappa shape index (κ2) is 9.44. The minimum absolute atomic E-state index is 0.510. The maximum Gasteiger partial charge on any atom is 0.101 e. The van der Waals surface area contributed by atoms with E-state index in [-0.39, 0.29) is 0 Å². The van der Waals surface area contributed by atoms with Gasteiger partial charge in [0.1, 0.15) is 12.1 Å². The Labute approximate surface area is 200 Å². The smallest absolute Gasteiger partial charge is 0.101 e. The zero-order valence-electron chi connectivity index (χ0n) is 17.6. The zero-order valence-corrected chi connectivity index (χ0v) is 19.2. The van der Waals surface area contributed by atoms with E-state index in [9.17, 15) is 5.26 Å². The van der Waals surface area contributed by atoms with Crippen molar-refractivity contribution in [1.82, 2.24) is 0 Å². The van der Waals surface area contributed by atoms with E-state index in [4.69, 9.17) is 16.7 Å². The lowest BCUT2D eigenvalue weighted by Gasteiger charge is -2.10. The van der Waals surface area contributed by atoms with Crippen molar-refractivity contribution in [3.8, 4) is 23.3 Å². The highest BCUT2D eigenvalue weighted by molar-refractivity contribution is 9.10. The van der Waals surface area contributed by atoms with Crippen LogP contribution in [0.25, 0.3) is 32.7 Å². The first-order valence-corrected chi connectivity index (χ1v) is 11.0. The molecule has 5 aromatic carbocycles. The van der Waals surface area contributed by atoms with E-state index in [1.807, 2.05) is 84.9 Å². The third-order valence-corrected chi connectivity index (χ3v) is 6.10. The summed E-state index contributed by atoms with van der Waals surface area (Å²) < 4.78 is 0.902. The summed E-state index contributed by atoms with van der Waals surface area (Å²) in [6, 6.07) is 33.6. The van der Waals surface area contributed by atoms with Gasteiger partial charge in [0, 0.05) is 15.2 Å². The number of nitriles is 2. The lowest BCUT2D eigenvalue weighted by atomic mass is 9.94. The lowest BCUT2D eigenvalue weighted by Crippen LogP contribution is -1.94. The fraction of sp³-hybridized carbons (Fsp3) is 0. The van der Waals surface area contributed by atoms with E-state index in [0.717, 1.165) is 37.1 Å². The number of hydrogen-bond acceptors (Lipinski definition) is 4. The van der Waals surface area contributed by atoms with Crippen LogP contribution >= 0.6 is 15.9 Å². The van der Waals surface area contributed by atoms with Crippen molar-refractivity contribution < 1.29 is 0 Å². The predicted octanol–water partition coefficient (Wildman–Crippen LogP) is 7.02. The molecule has 33 heavy (non-hydrogen) atoms. The van der Waals surface area contributed by atoms with Crippen molar-refractivity contribution in [1.29, 1.82) is 10.5 Å². The average Bonchev–Trinajstić information content (AvgIpc) is 2.87. The molecule has 5 heteroatoms. The SMILES string of the molecule is N#Cc1cc(-c2ccccc2)c2ccccc2c1N.N#Cc1cc(Br)c2ccccc2c1N. The minimum Gasteiger partial charge on any atom is -0.397 e. The van der Waals surface area contributed by atoms with Gasteiger partial charge in [-0.05, 0) is 34.0 Å². The number of nitrogens with zero attached hydrogens (tertiary/aromatic N) is 2. The van der Waals surface area contributed by atoms with Crippen molar-refractivity contribution in [2.75, 3.05) is 11.5 Å². The van der Waals surface area contributed by atoms with Crippen molar-refractivity contribution in [2.45, 2.75) is 0 Å². The summed E-state index contributed by atoms with van der Waals surface area (Å²) in [5.41, 5.74) is 16.2. The summed E-state index contributed by atoms with van der Waals surface area (Å²) >= 11 is 3.42. The number of nitrogen functional groups attached to an aromatic ring is 2. The molecule has 0 aliphatic carbocycles. The number of rotatable bonds is 1. The van der Waals surface area contributed by atoms with Crippen molar-refractivity contribution in [2.24, 2.45) is 0 Å². The molecule has 4 nitrogen and oxygen atoms in total. The summed E-state index contributed by atoms with van der Waals surface area (Å²) in [5.74, 6) is 0. The topological polar surface area (TPSA) is 99.6 Å². The largest absolute Gasteiger partial charge is 0.397 e. The molecule has 0 fully saturated rings. The molecular weight excluding hydrogens is 472 g/mol. The maximum absolute atomic E-state index is 9.22. The van der Waals surface area contributed by atoms with Gasteiger partial charge in [-0.3, -0.25) is 0 Å². The van der Waals surface area contributed by atoms with Crippen LogP contribution in [0.1, 0.15) is 11.1 Å². The van der Waals surface area contributed by atoms with Gasteiger partial charge in [0.25, 0.3) is 0 Å². The van der Waals surface area contributed by atoms with Crippen LogP contribution in [0, 0.1) is 22.7 Å². The Hall–Kier alpha value is -4.32. The molecule has 0 atom stereocenters. The van der Waals surface area contributed by atoms with E-state index in [0.29, 0.717) is 22.5 Å². The monoisotopic (exact) mass is 490 g/mol. The molecule has 0 amide bonds. The van der Waals surface area contributed by atoms with Crippen molar-refractivity contribution in [3.05, 3.63) is 107 Å².